The van der Waals surface area contributed by atoms with Gasteiger partial charge in [-0.1, -0.05) is 203 Å². The molecule has 0 saturated carbocycles. The number of hydrogen-bond acceptors (Lipinski definition) is 5. The summed E-state index contributed by atoms with van der Waals surface area (Å²) in [5, 5.41) is 23.7. The lowest BCUT2D eigenvalue weighted by atomic mass is 10.0. The van der Waals surface area contributed by atoms with Crippen molar-refractivity contribution in [1.82, 2.24) is 5.32 Å². The minimum absolute atomic E-state index is 0.0302. The normalized spacial score (nSPS) is 13.9. The molecule has 0 aliphatic carbocycles. The minimum atomic E-state index is -0.806. The number of rotatable bonds is 44. The number of carbonyl (C=O) groups is 2. The Labute approximate surface area is 371 Å². The van der Waals surface area contributed by atoms with E-state index in [1.54, 1.807) is 0 Å². The molecule has 0 aliphatic rings. The van der Waals surface area contributed by atoms with Crippen LogP contribution in [0.15, 0.2) is 72.9 Å². The third-order valence-corrected chi connectivity index (χ3v) is 11.0. The number of aliphatic hydroxyl groups is 2. The first-order valence-electron chi connectivity index (χ1n) is 25.2. The molecule has 346 valence electrons. The molecule has 0 radical (unpaired) electrons. The summed E-state index contributed by atoms with van der Waals surface area (Å²) in [5.41, 5.74) is 0. The second-order valence-corrected chi connectivity index (χ2v) is 16.8. The summed E-state index contributed by atoms with van der Waals surface area (Å²) >= 11 is 0. The van der Waals surface area contributed by atoms with Crippen molar-refractivity contribution in [2.75, 3.05) is 6.61 Å². The number of ether oxygens (including phenoxy) is 1. The molecule has 6 nitrogen and oxygen atoms in total. The highest BCUT2D eigenvalue weighted by Crippen LogP contribution is 2.16. The van der Waals surface area contributed by atoms with E-state index < -0.39 is 18.2 Å². The van der Waals surface area contributed by atoms with E-state index in [2.05, 4.69) is 99.0 Å². The summed E-state index contributed by atoms with van der Waals surface area (Å²) < 4.78 is 5.89. The van der Waals surface area contributed by atoms with Gasteiger partial charge < -0.3 is 20.3 Å². The molecule has 0 aliphatic heterocycles. The van der Waals surface area contributed by atoms with Crippen LogP contribution in [0.4, 0.5) is 0 Å². The first-order valence-corrected chi connectivity index (χ1v) is 25.2. The maximum absolute atomic E-state index is 13.2. The Morgan fingerprint density at radius 2 is 0.917 bits per heavy atom. The van der Waals surface area contributed by atoms with E-state index in [1.807, 2.05) is 0 Å². The van der Waals surface area contributed by atoms with Crippen LogP contribution in [0.25, 0.3) is 0 Å². The molecular weight excluding hydrogens is 743 g/mol. The van der Waals surface area contributed by atoms with Gasteiger partial charge in [0.25, 0.3) is 0 Å². The largest absolute Gasteiger partial charge is 0.462 e. The van der Waals surface area contributed by atoms with Gasteiger partial charge >= 0.3 is 5.97 Å². The van der Waals surface area contributed by atoms with Crippen molar-refractivity contribution in [2.24, 2.45) is 0 Å². The first-order chi connectivity index (χ1) is 29.5. The van der Waals surface area contributed by atoms with Gasteiger partial charge in [0.2, 0.25) is 5.91 Å². The predicted octanol–water partition coefficient (Wildman–Crippen LogP) is 15.0. The van der Waals surface area contributed by atoms with Crippen LogP contribution in [0, 0.1) is 0 Å². The van der Waals surface area contributed by atoms with Gasteiger partial charge in [-0.05, 0) is 89.9 Å². The van der Waals surface area contributed by atoms with Gasteiger partial charge in [0.15, 0.2) is 0 Å². The number of allylic oxidation sites excluding steroid dienone is 12. The molecule has 0 rings (SSSR count). The van der Waals surface area contributed by atoms with E-state index in [1.165, 1.54) is 89.9 Å². The molecule has 0 saturated heterocycles. The van der Waals surface area contributed by atoms with E-state index in [0.29, 0.717) is 19.3 Å². The summed E-state index contributed by atoms with van der Waals surface area (Å²) in [6.45, 7) is 6.33. The van der Waals surface area contributed by atoms with Crippen LogP contribution in [-0.4, -0.2) is 46.9 Å². The third kappa shape index (κ3) is 42.0. The maximum atomic E-state index is 13.2. The van der Waals surface area contributed by atoms with E-state index in [4.69, 9.17) is 4.74 Å². The topological polar surface area (TPSA) is 95.9 Å². The molecule has 3 unspecified atom stereocenters. The molecule has 1 amide bonds. The summed E-state index contributed by atoms with van der Waals surface area (Å²) in [5.74, 6) is -0.552. The third-order valence-electron chi connectivity index (χ3n) is 11.0. The lowest BCUT2D eigenvalue weighted by molar-refractivity contribution is -0.151. The van der Waals surface area contributed by atoms with Crippen LogP contribution in [0.5, 0.6) is 0 Å². The molecule has 0 aromatic carbocycles. The molecule has 3 N–H and O–H groups in total. The van der Waals surface area contributed by atoms with Gasteiger partial charge in [0.1, 0.15) is 6.10 Å². The molecule has 3 atom stereocenters. The van der Waals surface area contributed by atoms with Gasteiger partial charge in [-0.3, -0.25) is 9.59 Å². The average molecular weight is 838 g/mol. The standard InChI is InChI=1S/C54H95NO5/c1-4-7-10-13-16-19-22-24-26-27-28-29-31-33-36-39-42-45-50(60-54(59)47-44-41-38-35-32-30-25-23-20-17-14-11-8-5-2)48-53(58)55-51(49-56)52(57)46-43-40-37-34-21-18-15-12-9-6-3/h7,10,16,19,24,26,28-30,32-33,36,50-52,56-57H,4-6,8-9,11-15,17-18,20-23,25,27,31,34-35,37-49H2,1-3H3,(H,55,58)/b10-7-,19-16-,26-24-,29-28-,32-30-,36-33-. The van der Waals surface area contributed by atoms with Crippen LogP contribution >= 0.6 is 0 Å². The summed E-state index contributed by atoms with van der Waals surface area (Å²) in [7, 11) is 0. The lowest BCUT2D eigenvalue weighted by Crippen LogP contribution is -2.46. The molecule has 6 heteroatoms. The Bertz CT molecular complexity index is 1120. The fourth-order valence-electron chi connectivity index (χ4n) is 7.22. The highest BCUT2D eigenvalue weighted by atomic mass is 16.5. The Morgan fingerprint density at radius 3 is 1.42 bits per heavy atom. The Balaban J connectivity index is 4.74. The number of esters is 1. The maximum Gasteiger partial charge on any atom is 0.306 e. The highest BCUT2D eigenvalue weighted by Gasteiger charge is 2.24. The summed E-state index contributed by atoms with van der Waals surface area (Å²) in [6, 6.07) is -0.724. The number of amides is 1. The zero-order valence-electron chi connectivity index (χ0n) is 39.3. The summed E-state index contributed by atoms with van der Waals surface area (Å²) in [4.78, 5) is 26.1. The van der Waals surface area contributed by atoms with Crippen molar-refractivity contribution in [3.8, 4) is 0 Å². The van der Waals surface area contributed by atoms with Gasteiger partial charge in [0, 0.05) is 6.42 Å². The van der Waals surface area contributed by atoms with Crippen LogP contribution < -0.4 is 5.32 Å². The van der Waals surface area contributed by atoms with Gasteiger partial charge in [-0.2, -0.15) is 0 Å². The SMILES string of the molecule is CC/C=C\C/C=C\C/C=C\C/C=C\C/C=C\CCCC(CC(=O)NC(CO)C(O)CCCCCCCCCCCC)OC(=O)CCCCC/C=C\CCCCCCCCC. The van der Waals surface area contributed by atoms with E-state index in [0.717, 1.165) is 96.3 Å². The Hall–Kier alpha value is -2.70. The zero-order valence-corrected chi connectivity index (χ0v) is 39.3. The predicted molar refractivity (Wildman–Crippen MR) is 259 cm³/mol. The van der Waals surface area contributed by atoms with Crippen LogP contribution in [0.1, 0.15) is 233 Å². The molecular formula is C54H95NO5. The van der Waals surface area contributed by atoms with Crippen LogP contribution in [0.2, 0.25) is 0 Å². The monoisotopic (exact) mass is 838 g/mol. The number of nitrogens with one attached hydrogen (secondary N) is 1. The van der Waals surface area contributed by atoms with E-state index in [-0.39, 0.29) is 24.9 Å². The van der Waals surface area contributed by atoms with Crippen molar-refractivity contribution < 1.29 is 24.5 Å². The second-order valence-electron chi connectivity index (χ2n) is 16.8. The summed E-state index contributed by atoms with van der Waals surface area (Å²) in [6.07, 6.45) is 59.6. The zero-order chi connectivity index (χ0) is 43.8. The van der Waals surface area contributed by atoms with Gasteiger partial charge in [-0.25, -0.2) is 0 Å². The number of hydrogen-bond donors (Lipinski definition) is 3. The van der Waals surface area contributed by atoms with Crippen molar-refractivity contribution in [3.05, 3.63) is 72.9 Å². The fraction of sp³-hybridized carbons (Fsp3) is 0.741. The molecule has 0 spiro atoms. The number of carbonyl (C=O) groups excluding carboxylic acids is 2. The molecule has 0 heterocycles. The first kappa shape index (κ1) is 57.3. The van der Waals surface area contributed by atoms with E-state index >= 15 is 0 Å². The van der Waals surface area contributed by atoms with Crippen molar-refractivity contribution >= 4 is 11.9 Å². The van der Waals surface area contributed by atoms with Crippen molar-refractivity contribution in [1.29, 1.82) is 0 Å². The molecule has 0 bridgehead atoms. The Kier molecular flexibility index (Phi) is 45.2. The fourth-order valence-corrected chi connectivity index (χ4v) is 7.22. The molecule has 60 heavy (non-hydrogen) atoms. The average Bonchev–Trinajstić information content (AvgIpc) is 3.24. The van der Waals surface area contributed by atoms with Gasteiger partial charge in [0.05, 0.1) is 25.2 Å². The van der Waals surface area contributed by atoms with Gasteiger partial charge in [-0.15, -0.1) is 0 Å². The van der Waals surface area contributed by atoms with Crippen LogP contribution in [-0.2, 0) is 14.3 Å². The smallest absolute Gasteiger partial charge is 0.306 e. The van der Waals surface area contributed by atoms with E-state index in [9.17, 15) is 19.8 Å². The molecule has 0 aromatic rings. The Morgan fingerprint density at radius 1 is 0.500 bits per heavy atom. The second kappa shape index (κ2) is 47.4. The van der Waals surface area contributed by atoms with Crippen molar-refractivity contribution in [2.45, 2.75) is 251 Å². The van der Waals surface area contributed by atoms with Crippen LogP contribution in [0.3, 0.4) is 0 Å². The minimum Gasteiger partial charge on any atom is -0.462 e. The van der Waals surface area contributed by atoms with Crippen molar-refractivity contribution in [3.63, 3.8) is 0 Å². The quantitative estimate of drug-likeness (QED) is 0.0323. The molecule has 0 fully saturated rings. The lowest BCUT2D eigenvalue weighted by Gasteiger charge is -2.24. The molecule has 0 aromatic heterocycles. The number of unbranched alkanes of at least 4 members (excludes halogenated alkanes) is 20. The highest BCUT2D eigenvalue weighted by molar-refractivity contribution is 5.77. The number of aliphatic hydroxyl groups excluding tert-OH is 2.